The summed E-state index contributed by atoms with van der Waals surface area (Å²) in [5.41, 5.74) is 6.67. The Labute approximate surface area is 125 Å². The molecule has 1 heterocycles. The average Bonchev–Trinajstić information content (AvgIpc) is 2.37. The summed E-state index contributed by atoms with van der Waals surface area (Å²) in [4.78, 5) is 1.77. The maximum Gasteiger partial charge on any atom is 0.393 e. The summed E-state index contributed by atoms with van der Waals surface area (Å²) in [6.07, 6.45) is -3.54. The number of rotatable bonds is 2. The van der Waals surface area contributed by atoms with Crippen LogP contribution in [0.25, 0.3) is 0 Å². The lowest BCUT2D eigenvalue weighted by molar-refractivity contribution is -0.175. The van der Waals surface area contributed by atoms with E-state index in [0.717, 1.165) is 0 Å². The van der Waals surface area contributed by atoms with Crippen molar-refractivity contribution in [3.63, 3.8) is 0 Å². The quantitative estimate of drug-likeness (QED) is 0.841. The minimum absolute atomic E-state index is 0.0839. The fraction of sp³-hybridized carbons (Fsp3) is 0.462. The molecule has 2 N–H and O–H groups in total. The zero-order valence-corrected chi connectivity index (χ0v) is 12.2. The van der Waals surface area contributed by atoms with Crippen LogP contribution in [0.15, 0.2) is 18.2 Å². The number of alkyl halides is 3. The third kappa shape index (κ3) is 3.17. The first-order valence-electron chi connectivity index (χ1n) is 6.20. The fourth-order valence-corrected chi connectivity index (χ4v) is 3.03. The molecule has 1 aliphatic rings. The van der Waals surface area contributed by atoms with Crippen molar-refractivity contribution in [1.82, 2.24) is 0 Å². The predicted octanol–water partition coefficient (Wildman–Crippen LogP) is 3.75. The SMILES string of the molecule is NC(=S)c1c(Cl)cccc1N1CCCC(C(F)(F)F)C1. The summed E-state index contributed by atoms with van der Waals surface area (Å²) in [6, 6.07) is 5.03. The van der Waals surface area contributed by atoms with Crippen LogP contribution in [0, 0.1) is 5.92 Å². The average molecular weight is 323 g/mol. The zero-order valence-electron chi connectivity index (χ0n) is 10.6. The van der Waals surface area contributed by atoms with Crippen molar-refractivity contribution in [2.24, 2.45) is 11.7 Å². The molecule has 7 heteroatoms. The van der Waals surface area contributed by atoms with Gasteiger partial charge in [0.05, 0.1) is 16.5 Å². The van der Waals surface area contributed by atoms with Gasteiger partial charge in [-0.15, -0.1) is 0 Å². The molecule has 0 aromatic heterocycles. The number of hydrogen-bond acceptors (Lipinski definition) is 2. The number of benzene rings is 1. The maximum absolute atomic E-state index is 12.9. The van der Waals surface area contributed by atoms with Crippen molar-refractivity contribution in [1.29, 1.82) is 0 Å². The Morgan fingerprint density at radius 3 is 2.70 bits per heavy atom. The highest BCUT2D eigenvalue weighted by atomic mass is 35.5. The summed E-state index contributed by atoms with van der Waals surface area (Å²) in [5.74, 6) is -1.32. The molecule has 0 saturated carbocycles. The number of halogens is 4. The van der Waals surface area contributed by atoms with E-state index in [4.69, 9.17) is 29.6 Å². The van der Waals surface area contributed by atoms with E-state index in [-0.39, 0.29) is 18.0 Å². The van der Waals surface area contributed by atoms with Crippen LogP contribution < -0.4 is 10.6 Å². The van der Waals surface area contributed by atoms with Crippen LogP contribution in [0.3, 0.4) is 0 Å². The van der Waals surface area contributed by atoms with E-state index in [1.165, 1.54) is 0 Å². The van der Waals surface area contributed by atoms with Gasteiger partial charge in [-0.1, -0.05) is 29.9 Å². The van der Waals surface area contributed by atoms with Gasteiger partial charge in [0.15, 0.2) is 0 Å². The molecule has 0 bridgehead atoms. The highest BCUT2D eigenvalue weighted by Crippen LogP contribution is 2.36. The number of thiocarbonyl (C=S) groups is 1. The minimum atomic E-state index is -4.18. The van der Waals surface area contributed by atoms with Gasteiger partial charge in [0.25, 0.3) is 0 Å². The van der Waals surface area contributed by atoms with Crippen molar-refractivity contribution in [2.75, 3.05) is 18.0 Å². The van der Waals surface area contributed by atoms with Gasteiger partial charge in [-0.2, -0.15) is 13.2 Å². The predicted molar refractivity (Wildman–Crippen MR) is 78.3 cm³/mol. The maximum atomic E-state index is 12.9. The van der Waals surface area contributed by atoms with Crippen molar-refractivity contribution in [2.45, 2.75) is 19.0 Å². The number of hydrogen-bond donors (Lipinski definition) is 1. The molecule has 1 saturated heterocycles. The second-order valence-corrected chi connectivity index (χ2v) is 5.67. The van der Waals surface area contributed by atoms with Gasteiger partial charge in [-0.25, -0.2) is 0 Å². The van der Waals surface area contributed by atoms with Crippen LogP contribution in [0.4, 0.5) is 18.9 Å². The van der Waals surface area contributed by atoms with E-state index in [1.807, 2.05) is 0 Å². The standard InChI is InChI=1S/C13H14ClF3N2S/c14-9-4-1-5-10(11(9)12(18)20)19-6-2-3-8(7-19)13(15,16)17/h1,4-5,8H,2-3,6-7H2,(H2,18,20). The molecular formula is C13H14ClF3N2S. The van der Waals surface area contributed by atoms with E-state index in [9.17, 15) is 13.2 Å². The number of nitrogens with two attached hydrogens (primary N) is 1. The van der Waals surface area contributed by atoms with E-state index >= 15 is 0 Å². The lowest BCUT2D eigenvalue weighted by Crippen LogP contribution is -2.42. The Balaban J connectivity index is 2.32. The summed E-state index contributed by atoms with van der Waals surface area (Å²) < 4.78 is 38.6. The molecule has 0 spiro atoms. The van der Waals surface area contributed by atoms with Crippen LogP contribution in [-0.2, 0) is 0 Å². The zero-order chi connectivity index (χ0) is 14.9. The molecule has 1 atom stereocenters. The largest absolute Gasteiger partial charge is 0.393 e. The summed E-state index contributed by atoms with van der Waals surface area (Å²) in [5, 5.41) is 0.365. The number of nitrogens with zero attached hydrogens (tertiary/aromatic N) is 1. The van der Waals surface area contributed by atoms with Gasteiger partial charge < -0.3 is 10.6 Å². The molecule has 2 rings (SSSR count). The molecule has 1 aliphatic heterocycles. The highest BCUT2D eigenvalue weighted by Gasteiger charge is 2.42. The van der Waals surface area contributed by atoms with Gasteiger partial charge in [-0.05, 0) is 25.0 Å². The van der Waals surface area contributed by atoms with E-state index in [1.54, 1.807) is 23.1 Å². The molecule has 0 amide bonds. The Morgan fingerprint density at radius 2 is 2.10 bits per heavy atom. The second kappa shape index (κ2) is 5.77. The van der Waals surface area contributed by atoms with Gasteiger partial charge in [0.2, 0.25) is 0 Å². The normalized spacial score (nSPS) is 20.0. The molecule has 0 radical (unpaired) electrons. The molecule has 0 aliphatic carbocycles. The molecule has 1 unspecified atom stereocenters. The van der Waals surface area contributed by atoms with Crippen molar-refractivity contribution < 1.29 is 13.2 Å². The highest BCUT2D eigenvalue weighted by molar-refractivity contribution is 7.80. The Morgan fingerprint density at radius 1 is 1.40 bits per heavy atom. The van der Waals surface area contributed by atoms with Crippen LogP contribution >= 0.6 is 23.8 Å². The van der Waals surface area contributed by atoms with Gasteiger partial charge in [-0.3, -0.25) is 0 Å². The first-order valence-corrected chi connectivity index (χ1v) is 6.99. The minimum Gasteiger partial charge on any atom is -0.389 e. The van der Waals surface area contributed by atoms with Gasteiger partial charge in [0.1, 0.15) is 4.99 Å². The molecule has 1 fully saturated rings. The molecule has 20 heavy (non-hydrogen) atoms. The molecule has 1 aromatic carbocycles. The van der Waals surface area contributed by atoms with Crippen LogP contribution in [0.1, 0.15) is 18.4 Å². The third-order valence-corrected chi connectivity index (χ3v) is 3.98. The van der Waals surface area contributed by atoms with E-state index in [2.05, 4.69) is 0 Å². The van der Waals surface area contributed by atoms with Gasteiger partial charge in [0, 0.05) is 18.8 Å². The first kappa shape index (κ1) is 15.4. The summed E-state index contributed by atoms with van der Waals surface area (Å²) in [6.45, 7) is 0.460. The fourth-order valence-electron chi connectivity index (χ4n) is 2.48. The van der Waals surface area contributed by atoms with Crippen LogP contribution in [-0.4, -0.2) is 24.3 Å². The molecule has 1 aromatic rings. The third-order valence-electron chi connectivity index (χ3n) is 3.46. The lowest BCUT2D eigenvalue weighted by Gasteiger charge is -2.36. The summed E-state index contributed by atoms with van der Waals surface area (Å²) in [7, 11) is 0. The Kier molecular flexibility index (Phi) is 4.44. The van der Waals surface area contributed by atoms with E-state index in [0.29, 0.717) is 29.2 Å². The van der Waals surface area contributed by atoms with Crippen molar-refractivity contribution >= 4 is 34.5 Å². The number of anilines is 1. The number of piperidine rings is 1. The smallest absolute Gasteiger partial charge is 0.389 e. The Hall–Kier alpha value is -1.01. The van der Waals surface area contributed by atoms with Crippen LogP contribution in [0.2, 0.25) is 5.02 Å². The van der Waals surface area contributed by atoms with Gasteiger partial charge >= 0.3 is 6.18 Å². The molecule has 2 nitrogen and oxygen atoms in total. The lowest BCUT2D eigenvalue weighted by atomic mass is 9.96. The van der Waals surface area contributed by atoms with E-state index < -0.39 is 12.1 Å². The van der Waals surface area contributed by atoms with Crippen LogP contribution in [0.5, 0.6) is 0 Å². The topological polar surface area (TPSA) is 29.3 Å². The Bertz CT molecular complexity index is 519. The van der Waals surface area contributed by atoms with Crippen molar-refractivity contribution in [3.05, 3.63) is 28.8 Å². The molecule has 110 valence electrons. The summed E-state index contributed by atoms with van der Waals surface area (Å²) >= 11 is 11.0. The second-order valence-electron chi connectivity index (χ2n) is 4.82. The first-order chi connectivity index (χ1) is 9.30. The van der Waals surface area contributed by atoms with Crippen molar-refractivity contribution in [3.8, 4) is 0 Å². The molecular weight excluding hydrogens is 309 g/mol. The monoisotopic (exact) mass is 322 g/mol.